The highest BCUT2D eigenvalue weighted by molar-refractivity contribution is 5.94. The molecule has 0 radical (unpaired) electrons. The van der Waals surface area contributed by atoms with Crippen molar-refractivity contribution in [1.82, 2.24) is 15.3 Å². The van der Waals surface area contributed by atoms with Gasteiger partial charge < -0.3 is 15.5 Å². The first-order chi connectivity index (χ1) is 17.6. The van der Waals surface area contributed by atoms with Gasteiger partial charge in [0.25, 0.3) is 5.91 Å². The second-order valence-corrected chi connectivity index (χ2v) is 9.80. The summed E-state index contributed by atoms with van der Waals surface area (Å²) in [5.41, 5.74) is 3.93. The molecular weight excluding hydrogens is 446 g/mol. The van der Waals surface area contributed by atoms with Gasteiger partial charge in [-0.25, -0.2) is 4.98 Å². The average molecular weight is 480 g/mol. The van der Waals surface area contributed by atoms with Crippen LogP contribution in [0.1, 0.15) is 36.0 Å². The van der Waals surface area contributed by atoms with E-state index in [1.807, 2.05) is 79.7 Å². The molecule has 4 aromatic rings. The highest BCUT2D eigenvalue weighted by Crippen LogP contribution is 2.28. The van der Waals surface area contributed by atoms with Gasteiger partial charge in [0.15, 0.2) is 0 Å². The Morgan fingerprint density at radius 2 is 1.50 bits per heavy atom. The Morgan fingerprint density at radius 1 is 0.833 bits per heavy atom. The monoisotopic (exact) mass is 479 g/mol. The number of carbonyl (C=O) groups is 1. The lowest BCUT2D eigenvalue weighted by molar-refractivity contribution is 0.0943. The number of nitrogens with one attached hydrogen (secondary N) is 2. The second-order valence-electron chi connectivity index (χ2n) is 9.80. The summed E-state index contributed by atoms with van der Waals surface area (Å²) in [5, 5.41) is 7.76. The van der Waals surface area contributed by atoms with Gasteiger partial charge in [-0.05, 0) is 67.0 Å². The standard InChI is InChI=1S/C30H33N5O/c1-35(2)28-26-10-6-7-11-27(26)33-30(34-28)32-25-18-12-21(13-19-25)20-31-29(36)24-16-14-23(15-17-24)22-8-4-3-5-9-22/h3-11,14-17,21,25H,12-13,18-20H2,1-2H3,(H,31,36)(H,32,33,34). The average Bonchev–Trinajstić information content (AvgIpc) is 2.92. The fourth-order valence-corrected chi connectivity index (χ4v) is 4.94. The van der Waals surface area contributed by atoms with E-state index in [4.69, 9.17) is 9.97 Å². The van der Waals surface area contributed by atoms with Crippen molar-refractivity contribution in [1.29, 1.82) is 0 Å². The molecule has 3 aromatic carbocycles. The molecule has 36 heavy (non-hydrogen) atoms. The number of aromatic nitrogens is 2. The number of carbonyl (C=O) groups excluding carboxylic acids is 1. The highest BCUT2D eigenvalue weighted by Gasteiger charge is 2.23. The third-order valence-electron chi connectivity index (χ3n) is 6.99. The van der Waals surface area contributed by atoms with Gasteiger partial charge in [0, 0.05) is 37.6 Å². The summed E-state index contributed by atoms with van der Waals surface area (Å²) in [6.45, 7) is 0.712. The van der Waals surface area contributed by atoms with Gasteiger partial charge in [-0.15, -0.1) is 0 Å². The van der Waals surface area contributed by atoms with Crippen LogP contribution in [0.15, 0.2) is 78.9 Å². The minimum Gasteiger partial charge on any atom is -0.362 e. The summed E-state index contributed by atoms with van der Waals surface area (Å²) in [5.74, 6) is 2.10. The Labute approximate surface area is 212 Å². The third kappa shape index (κ3) is 5.48. The first-order valence-electron chi connectivity index (χ1n) is 12.7. The minimum atomic E-state index is -0.00404. The number of anilines is 2. The lowest BCUT2D eigenvalue weighted by atomic mass is 9.86. The molecule has 184 valence electrons. The van der Waals surface area contributed by atoms with E-state index in [1.54, 1.807) is 0 Å². The molecule has 2 N–H and O–H groups in total. The largest absolute Gasteiger partial charge is 0.362 e. The smallest absolute Gasteiger partial charge is 0.251 e. The maximum Gasteiger partial charge on any atom is 0.251 e. The van der Waals surface area contributed by atoms with Gasteiger partial charge >= 0.3 is 0 Å². The summed E-state index contributed by atoms with van der Waals surface area (Å²) in [4.78, 5) is 24.2. The van der Waals surface area contributed by atoms with Gasteiger partial charge in [0.2, 0.25) is 5.95 Å². The molecule has 0 aliphatic heterocycles. The van der Waals surface area contributed by atoms with Gasteiger partial charge in [-0.1, -0.05) is 54.6 Å². The topological polar surface area (TPSA) is 70.2 Å². The van der Waals surface area contributed by atoms with E-state index >= 15 is 0 Å². The highest BCUT2D eigenvalue weighted by atomic mass is 16.1. The number of nitrogens with zero attached hydrogens (tertiary/aromatic N) is 3. The van der Waals surface area contributed by atoms with Crippen LogP contribution in [0, 0.1) is 5.92 Å². The molecule has 0 bridgehead atoms. The Kier molecular flexibility index (Phi) is 7.12. The molecule has 0 spiro atoms. The number of hydrogen-bond donors (Lipinski definition) is 2. The molecule has 1 saturated carbocycles. The van der Waals surface area contributed by atoms with Crippen molar-refractivity contribution in [3.63, 3.8) is 0 Å². The SMILES string of the molecule is CN(C)c1nc(NC2CCC(CNC(=O)c3ccc(-c4ccccc4)cc3)CC2)nc2ccccc12. The number of amides is 1. The minimum absolute atomic E-state index is 0.00404. The van der Waals surface area contributed by atoms with E-state index in [2.05, 4.69) is 28.8 Å². The number of benzene rings is 3. The lowest BCUT2D eigenvalue weighted by Gasteiger charge is -2.29. The molecule has 5 rings (SSSR count). The van der Waals surface area contributed by atoms with Gasteiger partial charge in [0.05, 0.1) is 5.52 Å². The number of fused-ring (bicyclic) bond motifs is 1. The predicted octanol–water partition coefficient (Wildman–Crippen LogP) is 5.76. The molecular formula is C30H33N5O. The summed E-state index contributed by atoms with van der Waals surface area (Å²) >= 11 is 0. The maximum absolute atomic E-state index is 12.7. The van der Waals surface area contributed by atoms with Crippen molar-refractivity contribution in [2.75, 3.05) is 30.9 Å². The number of hydrogen-bond acceptors (Lipinski definition) is 5. The summed E-state index contributed by atoms with van der Waals surface area (Å²) in [7, 11) is 4.02. The zero-order valence-electron chi connectivity index (χ0n) is 20.9. The summed E-state index contributed by atoms with van der Waals surface area (Å²) in [6.07, 6.45) is 4.22. The molecule has 1 aliphatic carbocycles. The van der Waals surface area contributed by atoms with Crippen molar-refractivity contribution in [2.45, 2.75) is 31.7 Å². The van der Waals surface area contributed by atoms with Crippen molar-refractivity contribution in [2.24, 2.45) is 5.92 Å². The maximum atomic E-state index is 12.7. The summed E-state index contributed by atoms with van der Waals surface area (Å²) < 4.78 is 0. The van der Waals surface area contributed by atoms with E-state index in [0.717, 1.165) is 53.5 Å². The normalized spacial score (nSPS) is 17.5. The van der Waals surface area contributed by atoms with Gasteiger partial charge in [-0.3, -0.25) is 4.79 Å². The first-order valence-corrected chi connectivity index (χ1v) is 12.7. The van der Waals surface area contributed by atoms with Crippen LogP contribution in [0.4, 0.5) is 11.8 Å². The summed E-state index contributed by atoms with van der Waals surface area (Å²) in [6, 6.07) is 26.5. The van der Waals surface area contributed by atoms with Crippen LogP contribution < -0.4 is 15.5 Å². The third-order valence-corrected chi connectivity index (χ3v) is 6.99. The zero-order valence-corrected chi connectivity index (χ0v) is 20.9. The Hall–Kier alpha value is -3.93. The number of para-hydroxylation sites is 1. The van der Waals surface area contributed by atoms with Crippen LogP contribution in [0.5, 0.6) is 0 Å². The van der Waals surface area contributed by atoms with Crippen molar-refractivity contribution in [3.05, 3.63) is 84.4 Å². The second kappa shape index (κ2) is 10.8. The molecule has 1 aromatic heterocycles. The quantitative estimate of drug-likeness (QED) is 0.352. The molecule has 1 amide bonds. The van der Waals surface area contributed by atoms with Crippen molar-refractivity contribution in [3.8, 4) is 11.1 Å². The molecule has 0 unspecified atom stereocenters. The lowest BCUT2D eigenvalue weighted by Crippen LogP contribution is -2.34. The Morgan fingerprint density at radius 3 is 2.22 bits per heavy atom. The van der Waals surface area contributed by atoms with Crippen molar-refractivity contribution < 1.29 is 4.79 Å². The van der Waals surface area contributed by atoms with Crippen LogP contribution in [0.25, 0.3) is 22.0 Å². The molecule has 1 fully saturated rings. The van der Waals surface area contributed by atoms with Gasteiger partial charge in [0.1, 0.15) is 5.82 Å². The zero-order chi connectivity index (χ0) is 24.9. The van der Waals surface area contributed by atoms with Gasteiger partial charge in [-0.2, -0.15) is 4.98 Å². The van der Waals surface area contributed by atoms with Crippen LogP contribution in [0.3, 0.4) is 0 Å². The van der Waals surface area contributed by atoms with E-state index in [9.17, 15) is 4.79 Å². The Balaban J connectivity index is 1.12. The number of rotatable bonds is 7. The molecule has 6 nitrogen and oxygen atoms in total. The van der Waals surface area contributed by atoms with E-state index in [-0.39, 0.29) is 5.91 Å². The van der Waals surface area contributed by atoms with Crippen LogP contribution >= 0.6 is 0 Å². The molecule has 1 aliphatic rings. The molecule has 6 heteroatoms. The van der Waals surface area contributed by atoms with E-state index in [0.29, 0.717) is 30.0 Å². The van der Waals surface area contributed by atoms with Crippen LogP contribution in [0.2, 0.25) is 0 Å². The molecule has 0 atom stereocenters. The van der Waals surface area contributed by atoms with Crippen LogP contribution in [-0.4, -0.2) is 42.6 Å². The van der Waals surface area contributed by atoms with E-state index < -0.39 is 0 Å². The van der Waals surface area contributed by atoms with E-state index in [1.165, 1.54) is 0 Å². The Bertz CT molecular complexity index is 1310. The fraction of sp³-hybridized carbons (Fsp3) is 0.300. The molecule has 0 saturated heterocycles. The van der Waals surface area contributed by atoms with Crippen molar-refractivity contribution >= 4 is 28.6 Å². The predicted molar refractivity (Wildman–Crippen MR) is 147 cm³/mol. The first kappa shape index (κ1) is 23.8. The molecule has 1 heterocycles. The fourth-order valence-electron chi connectivity index (χ4n) is 4.94. The van der Waals surface area contributed by atoms with Crippen LogP contribution in [-0.2, 0) is 0 Å².